The van der Waals surface area contributed by atoms with Gasteiger partial charge in [-0.3, -0.25) is 4.79 Å². The summed E-state index contributed by atoms with van der Waals surface area (Å²) in [6.07, 6.45) is 8.42. The van der Waals surface area contributed by atoms with Crippen LogP contribution in [-0.2, 0) is 4.79 Å². The number of rotatable bonds is 5. The lowest BCUT2D eigenvalue weighted by atomic mass is 10.0. The Hall–Kier alpha value is -0.570. The highest BCUT2D eigenvalue weighted by molar-refractivity contribution is 5.70. The van der Waals surface area contributed by atoms with Gasteiger partial charge in [0.25, 0.3) is 0 Å². The summed E-state index contributed by atoms with van der Waals surface area (Å²) in [5.41, 5.74) is 0. The van der Waals surface area contributed by atoms with Gasteiger partial charge in [0, 0.05) is 12.6 Å². The van der Waals surface area contributed by atoms with Crippen LogP contribution in [-0.4, -0.2) is 23.7 Å². The normalized spacial score (nSPS) is 20.9. The Bertz CT molecular complexity index is 186. The molecule has 0 saturated heterocycles. The SMILES string of the molecule is CCC(CNC1CCCCCC1)C(=O)O. The van der Waals surface area contributed by atoms with Gasteiger partial charge in [-0.15, -0.1) is 0 Å². The number of carboxylic acids is 1. The zero-order valence-corrected chi connectivity index (χ0v) is 9.67. The summed E-state index contributed by atoms with van der Waals surface area (Å²) in [5, 5.41) is 12.3. The van der Waals surface area contributed by atoms with Crippen molar-refractivity contribution >= 4 is 5.97 Å². The van der Waals surface area contributed by atoms with E-state index in [0.29, 0.717) is 12.6 Å². The van der Waals surface area contributed by atoms with Crippen molar-refractivity contribution in [3.05, 3.63) is 0 Å². The minimum absolute atomic E-state index is 0.215. The van der Waals surface area contributed by atoms with Crippen LogP contribution < -0.4 is 5.32 Å². The highest BCUT2D eigenvalue weighted by atomic mass is 16.4. The minimum Gasteiger partial charge on any atom is -0.481 e. The average molecular weight is 213 g/mol. The van der Waals surface area contributed by atoms with Crippen molar-refractivity contribution in [2.24, 2.45) is 5.92 Å². The van der Waals surface area contributed by atoms with E-state index < -0.39 is 5.97 Å². The Morgan fingerprint density at radius 2 is 1.93 bits per heavy atom. The predicted octanol–water partition coefficient (Wildman–Crippen LogP) is 2.41. The number of carbonyl (C=O) groups is 1. The van der Waals surface area contributed by atoms with Gasteiger partial charge in [-0.1, -0.05) is 32.6 Å². The minimum atomic E-state index is -0.668. The van der Waals surface area contributed by atoms with Crippen LogP contribution in [0.2, 0.25) is 0 Å². The topological polar surface area (TPSA) is 49.3 Å². The summed E-state index contributed by atoms with van der Waals surface area (Å²) in [6.45, 7) is 2.57. The Labute approximate surface area is 92.3 Å². The maximum atomic E-state index is 10.8. The van der Waals surface area contributed by atoms with Crippen molar-refractivity contribution < 1.29 is 9.90 Å². The van der Waals surface area contributed by atoms with Crippen molar-refractivity contribution in [2.75, 3.05) is 6.54 Å². The van der Waals surface area contributed by atoms with Crippen molar-refractivity contribution in [3.63, 3.8) is 0 Å². The van der Waals surface area contributed by atoms with Crippen molar-refractivity contribution in [2.45, 2.75) is 57.9 Å². The maximum absolute atomic E-state index is 10.8. The van der Waals surface area contributed by atoms with E-state index in [4.69, 9.17) is 5.11 Å². The largest absolute Gasteiger partial charge is 0.481 e. The third-order valence-corrected chi connectivity index (χ3v) is 3.35. The summed E-state index contributed by atoms with van der Waals surface area (Å²) < 4.78 is 0. The zero-order chi connectivity index (χ0) is 11.1. The lowest BCUT2D eigenvalue weighted by molar-refractivity contribution is -0.141. The molecule has 1 atom stereocenters. The summed E-state index contributed by atoms with van der Waals surface area (Å²) in [4.78, 5) is 10.8. The first-order valence-corrected chi connectivity index (χ1v) is 6.20. The molecule has 15 heavy (non-hydrogen) atoms. The van der Waals surface area contributed by atoms with Crippen LogP contribution in [0.25, 0.3) is 0 Å². The Kier molecular flexibility index (Phi) is 5.69. The molecular formula is C12H23NO2. The van der Waals surface area contributed by atoms with Gasteiger partial charge < -0.3 is 10.4 Å². The van der Waals surface area contributed by atoms with E-state index in [0.717, 1.165) is 6.42 Å². The molecule has 88 valence electrons. The second-order valence-corrected chi connectivity index (χ2v) is 4.54. The van der Waals surface area contributed by atoms with Gasteiger partial charge in [-0.2, -0.15) is 0 Å². The van der Waals surface area contributed by atoms with Gasteiger partial charge in [0.1, 0.15) is 0 Å². The van der Waals surface area contributed by atoms with Crippen LogP contribution in [0.5, 0.6) is 0 Å². The van der Waals surface area contributed by atoms with Gasteiger partial charge in [-0.25, -0.2) is 0 Å². The molecule has 0 heterocycles. The quantitative estimate of drug-likeness (QED) is 0.689. The molecule has 0 aromatic heterocycles. The molecule has 1 fully saturated rings. The van der Waals surface area contributed by atoms with E-state index in [1.807, 2.05) is 6.92 Å². The average Bonchev–Trinajstić information content (AvgIpc) is 2.46. The number of hydrogen-bond donors (Lipinski definition) is 2. The third kappa shape index (κ3) is 4.65. The molecule has 0 bridgehead atoms. The van der Waals surface area contributed by atoms with E-state index >= 15 is 0 Å². The van der Waals surface area contributed by atoms with Gasteiger partial charge in [0.2, 0.25) is 0 Å². The standard InChI is InChI=1S/C12H23NO2/c1-2-10(12(14)15)9-13-11-7-5-3-4-6-8-11/h10-11,13H,2-9H2,1H3,(H,14,15). The highest BCUT2D eigenvalue weighted by Gasteiger charge is 2.17. The third-order valence-electron chi connectivity index (χ3n) is 3.35. The molecule has 3 nitrogen and oxygen atoms in total. The molecule has 1 aliphatic rings. The summed E-state index contributed by atoms with van der Waals surface area (Å²) in [5.74, 6) is -0.883. The number of aliphatic carboxylic acids is 1. The molecule has 0 aromatic rings. The van der Waals surface area contributed by atoms with Crippen LogP contribution in [0.15, 0.2) is 0 Å². The zero-order valence-electron chi connectivity index (χ0n) is 9.67. The Balaban J connectivity index is 2.24. The molecule has 0 spiro atoms. The second-order valence-electron chi connectivity index (χ2n) is 4.54. The van der Waals surface area contributed by atoms with E-state index in [1.54, 1.807) is 0 Å². The molecule has 3 heteroatoms. The van der Waals surface area contributed by atoms with Gasteiger partial charge >= 0.3 is 5.97 Å². The first-order chi connectivity index (χ1) is 7.24. The smallest absolute Gasteiger partial charge is 0.307 e. The van der Waals surface area contributed by atoms with Gasteiger partial charge in [-0.05, 0) is 19.3 Å². The molecule has 1 saturated carbocycles. The predicted molar refractivity (Wildman–Crippen MR) is 60.9 cm³/mol. The summed E-state index contributed by atoms with van der Waals surface area (Å²) >= 11 is 0. The molecule has 0 aromatic carbocycles. The molecule has 1 rings (SSSR count). The Morgan fingerprint density at radius 3 is 2.40 bits per heavy atom. The first-order valence-electron chi connectivity index (χ1n) is 6.20. The van der Waals surface area contributed by atoms with E-state index in [2.05, 4.69) is 5.32 Å². The maximum Gasteiger partial charge on any atom is 0.307 e. The lowest BCUT2D eigenvalue weighted by Gasteiger charge is -2.18. The first kappa shape index (κ1) is 12.5. The number of carboxylic acid groups (broad SMARTS) is 1. The fourth-order valence-electron chi connectivity index (χ4n) is 2.20. The number of hydrogen-bond acceptors (Lipinski definition) is 2. The van der Waals surface area contributed by atoms with Gasteiger partial charge in [0.05, 0.1) is 5.92 Å². The number of nitrogens with one attached hydrogen (secondary N) is 1. The lowest BCUT2D eigenvalue weighted by Crippen LogP contribution is -2.35. The van der Waals surface area contributed by atoms with E-state index in [9.17, 15) is 4.79 Å². The molecule has 0 radical (unpaired) electrons. The summed E-state index contributed by atoms with van der Waals surface area (Å²) in [6, 6.07) is 0.556. The van der Waals surface area contributed by atoms with Crippen LogP contribution in [0, 0.1) is 5.92 Å². The molecule has 2 N–H and O–H groups in total. The highest BCUT2D eigenvalue weighted by Crippen LogP contribution is 2.17. The fourth-order valence-corrected chi connectivity index (χ4v) is 2.20. The molecule has 0 aliphatic heterocycles. The molecule has 1 aliphatic carbocycles. The molecule has 0 amide bonds. The van der Waals surface area contributed by atoms with Crippen molar-refractivity contribution in [3.8, 4) is 0 Å². The monoisotopic (exact) mass is 213 g/mol. The Morgan fingerprint density at radius 1 is 1.33 bits per heavy atom. The fraction of sp³-hybridized carbons (Fsp3) is 0.917. The van der Waals surface area contributed by atoms with Crippen LogP contribution in [0.4, 0.5) is 0 Å². The van der Waals surface area contributed by atoms with Crippen LogP contribution in [0.3, 0.4) is 0 Å². The summed E-state index contributed by atoms with van der Waals surface area (Å²) in [7, 11) is 0. The van der Waals surface area contributed by atoms with E-state index in [-0.39, 0.29) is 5.92 Å². The van der Waals surface area contributed by atoms with Crippen LogP contribution in [0.1, 0.15) is 51.9 Å². The van der Waals surface area contributed by atoms with Crippen molar-refractivity contribution in [1.82, 2.24) is 5.32 Å². The van der Waals surface area contributed by atoms with Gasteiger partial charge in [0.15, 0.2) is 0 Å². The molecule has 1 unspecified atom stereocenters. The molecular weight excluding hydrogens is 190 g/mol. The van der Waals surface area contributed by atoms with Crippen LogP contribution >= 0.6 is 0 Å². The van der Waals surface area contributed by atoms with E-state index in [1.165, 1.54) is 38.5 Å². The second kappa shape index (κ2) is 6.83. The van der Waals surface area contributed by atoms with Crippen molar-refractivity contribution in [1.29, 1.82) is 0 Å².